The molecule has 0 radical (unpaired) electrons. The molecule has 1 aliphatic carbocycles. The van der Waals surface area contributed by atoms with Gasteiger partial charge in [0, 0.05) is 56.3 Å². The largest absolute Gasteiger partial charge is 0.342 e. The Morgan fingerprint density at radius 1 is 1.25 bits per heavy atom. The zero-order chi connectivity index (χ0) is 28.6. The van der Waals surface area contributed by atoms with Crippen molar-refractivity contribution in [2.24, 2.45) is 18.0 Å². The number of amides is 1. The highest BCUT2D eigenvalue weighted by molar-refractivity contribution is 5.97. The predicted molar refractivity (Wildman–Crippen MR) is 152 cm³/mol. The molecule has 9 nitrogen and oxygen atoms in total. The summed E-state index contributed by atoms with van der Waals surface area (Å²) >= 11 is 0. The summed E-state index contributed by atoms with van der Waals surface area (Å²) in [6.07, 6.45) is 6.46. The topological polar surface area (TPSA) is 94.4 Å². The van der Waals surface area contributed by atoms with Crippen molar-refractivity contribution in [1.29, 1.82) is 0 Å². The molecule has 1 aliphatic heterocycles. The molecule has 2 fully saturated rings. The third-order valence-corrected chi connectivity index (χ3v) is 7.27. The van der Waals surface area contributed by atoms with Crippen molar-refractivity contribution < 1.29 is 13.6 Å². The Kier molecular flexibility index (Phi) is 7.55. The van der Waals surface area contributed by atoms with Crippen molar-refractivity contribution in [3.05, 3.63) is 77.3 Å². The van der Waals surface area contributed by atoms with E-state index in [0.29, 0.717) is 36.1 Å². The zero-order valence-electron chi connectivity index (χ0n) is 23.3. The molecule has 1 saturated carbocycles. The van der Waals surface area contributed by atoms with Crippen LogP contribution in [0.25, 0.3) is 5.57 Å². The van der Waals surface area contributed by atoms with Gasteiger partial charge in [-0.05, 0) is 56.7 Å². The van der Waals surface area contributed by atoms with Gasteiger partial charge in [0.1, 0.15) is 29.0 Å². The molecule has 0 unspecified atom stereocenters. The lowest BCUT2D eigenvalue weighted by Gasteiger charge is -2.31. The van der Waals surface area contributed by atoms with Gasteiger partial charge in [0.15, 0.2) is 5.82 Å². The smallest absolute Gasteiger partial charge is 0.226 e. The summed E-state index contributed by atoms with van der Waals surface area (Å²) < 4.78 is 32.4. The minimum absolute atomic E-state index is 0.0365. The number of nitrogens with one attached hydrogen (secondary N) is 2. The number of H-pyrrole nitrogens is 1. The molecule has 3 aromatic rings. The van der Waals surface area contributed by atoms with E-state index in [0.717, 1.165) is 41.8 Å². The molecule has 2 aliphatic rings. The van der Waals surface area contributed by atoms with Crippen LogP contribution in [0.15, 0.2) is 53.7 Å². The summed E-state index contributed by atoms with van der Waals surface area (Å²) in [5, 5.41) is 10.5. The lowest BCUT2D eigenvalue weighted by atomic mass is 10.00. The SMILES string of the molecule is C=C(/C(=C(\N=C(/C)N(C)c1c(F)cc(CC(=O)N2CCC2)cc1F)Nc1cc(C)[nH]n1)C1CC1)c1cn(C)cn1. The number of halogens is 2. The minimum Gasteiger partial charge on any atom is -0.342 e. The molecule has 0 bridgehead atoms. The number of aliphatic imine (C=N–C) groups is 1. The van der Waals surface area contributed by atoms with Crippen LogP contribution in [-0.2, 0) is 18.3 Å². The van der Waals surface area contributed by atoms with Gasteiger partial charge in [0.2, 0.25) is 5.91 Å². The van der Waals surface area contributed by atoms with Gasteiger partial charge in [-0.2, -0.15) is 5.10 Å². The zero-order valence-corrected chi connectivity index (χ0v) is 23.3. The molecule has 1 amide bonds. The monoisotopic (exact) mass is 548 g/mol. The van der Waals surface area contributed by atoms with E-state index in [1.807, 2.05) is 30.8 Å². The molecule has 0 spiro atoms. The summed E-state index contributed by atoms with van der Waals surface area (Å²) in [6, 6.07) is 4.29. The van der Waals surface area contributed by atoms with Crippen LogP contribution in [-0.4, -0.2) is 56.5 Å². The number of benzene rings is 1. The normalized spacial score (nSPS) is 15.9. The van der Waals surface area contributed by atoms with Gasteiger partial charge < -0.3 is 19.7 Å². The van der Waals surface area contributed by atoms with Crippen molar-refractivity contribution in [2.75, 3.05) is 30.4 Å². The van der Waals surface area contributed by atoms with E-state index < -0.39 is 11.6 Å². The lowest BCUT2D eigenvalue weighted by Crippen LogP contribution is -2.42. The number of carbonyl (C=O) groups is 1. The first-order chi connectivity index (χ1) is 19.1. The van der Waals surface area contributed by atoms with Crippen LogP contribution in [0.3, 0.4) is 0 Å². The third-order valence-electron chi connectivity index (χ3n) is 7.27. The molecule has 0 atom stereocenters. The molecule has 1 aromatic carbocycles. The second-order valence-corrected chi connectivity index (χ2v) is 10.5. The van der Waals surface area contributed by atoms with Crippen molar-refractivity contribution >= 4 is 28.8 Å². The summed E-state index contributed by atoms with van der Waals surface area (Å²) in [5.74, 6) is -0.0205. The second kappa shape index (κ2) is 11.1. The van der Waals surface area contributed by atoms with Gasteiger partial charge in [-0.3, -0.25) is 9.89 Å². The summed E-state index contributed by atoms with van der Waals surface area (Å²) in [4.78, 5) is 24.7. The number of rotatable bonds is 9. The van der Waals surface area contributed by atoms with Gasteiger partial charge in [0.05, 0.1) is 18.4 Å². The summed E-state index contributed by atoms with van der Waals surface area (Å²) in [7, 11) is 3.45. The summed E-state index contributed by atoms with van der Waals surface area (Å²) in [6.45, 7) is 9.29. The Hall–Kier alpha value is -4.28. The van der Waals surface area contributed by atoms with E-state index in [1.54, 1.807) is 25.2 Å². The first-order valence-electron chi connectivity index (χ1n) is 13.4. The van der Waals surface area contributed by atoms with E-state index in [2.05, 4.69) is 27.1 Å². The number of aryl methyl sites for hydroxylation is 2. The molecule has 2 N–H and O–H groups in total. The second-order valence-electron chi connectivity index (χ2n) is 10.5. The molecular formula is C29H34F2N8O. The first kappa shape index (κ1) is 27.3. The number of amidine groups is 1. The highest BCUT2D eigenvalue weighted by atomic mass is 19.1. The number of carbonyl (C=O) groups excluding carboxylic acids is 1. The first-order valence-corrected chi connectivity index (χ1v) is 13.4. The van der Waals surface area contributed by atoms with Crippen LogP contribution in [0.2, 0.25) is 0 Å². The van der Waals surface area contributed by atoms with E-state index >= 15 is 8.78 Å². The number of hydrogen-bond acceptors (Lipinski definition) is 5. The van der Waals surface area contributed by atoms with Crippen molar-refractivity contribution in [3.8, 4) is 0 Å². The highest BCUT2D eigenvalue weighted by Crippen LogP contribution is 2.44. The molecule has 5 rings (SSSR count). The van der Waals surface area contributed by atoms with E-state index in [1.165, 1.54) is 17.0 Å². The van der Waals surface area contributed by atoms with Gasteiger partial charge in [-0.1, -0.05) is 6.58 Å². The van der Waals surface area contributed by atoms with Crippen LogP contribution in [0.1, 0.15) is 43.1 Å². The van der Waals surface area contributed by atoms with Crippen molar-refractivity contribution in [2.45, 2.75) is 39.5 Å². The quantitative estimate of drug-likeness (QED) is 0.228. The van der Waals surface area contributed by atoms with Crippen molar-refractivity contribution in [1.82, 2.24) is 24.6 Å². The minimum atomic E-state index is -0.759. The fourth-order valence-electron chi connectivity index (χ4n) is 4.71. The van der Waals surface area contributed by atoms with Gasteiger partial charge >= 0.3 is 0 Å². The summed E-state index contributed by atoms with van der Waals surface area (Å²) in [5.41, 5.74) is 3.26. The van der Waals surface area contributed by atoms with Gasteiger partial charge in [-0.25, -0.2) is 18.8 Å². The van der Waals surface area contributed by atoms with E-state index in [4.69, 9.17) is 4.99 Å². The number of aromatic nitrogens is 4. The lowest BCUT2D eigenvalue weighted by molar-refractivity contribution is -0.133. The average molecular weight is 549 g/mol. The van der Waals surface area contributed by atoms with E-state index in [-0.39, 0.29) is 23.9 Å². The van der Waals surface area contributed by atoms with Crippen LogP contribution < -0.4 is 10.2 Å². The standard InChI is InChI=1S/C29H34F2N8O/c1-17-11-25(36-35-17)34-29(27(21-7-8-21)18(2)24-15-37(4)16-32-24)33-19(3)38(5)28-22(30)12-20(13-23(28)31)14-26(40)39-9-6-10-39/h11-13,15-16,21H,2,6-10,14H2,1,3-5H3,(H2,34,35,36)/b29-27-,33-19+. The Morgan fingerprint density at radius 3 is 2.48 bits per heavy atom. The number of likely N-dealkylation sites (tertiary alicyclic amines) is 1. The van der Waals surface area contributed by atoms with Crippen LogP contribution in [0.4, 0.5) is 20.3 Å². The molecule has 2 aromatic heterocycles. The Bertz CT molecular complexity index is 1490. The number of aromatic amines is 1. The van der Waals surface area contributed by atoms with Crippen LogP contribution in [0.5, 0.6) is 0 Å². The maximum absolute atomic E-state index is 15.3. The predicted octanol–water partition coefficient (Wildman–Crippen LogP) is 4.81. The Balaban J connectivity index is 1.49. The Morgan fingerprint density at radius 2 is 1.95 bits per heavy atom. The number of anilines is 2. The fraction of sp³-hybridized carbons (Fsp3) is 0.379. The van der Waals surface area contributed by atoms with Gasteiger partial charge in [-0.15, -0.1) is 0 Å². The number of hydrogen-bond donors (Lipinski definition) is 2. The van der Waals surface area contributed by atoms with E-state index in [9.17, 15) is 4.79 Å². The molecule has 1 saturated heterocycles. The number of imidazole rings is 1. The van der Waals surface area contributed by atoms with Crippen LogP contribution in [0, 0.1) is 24.5 Å². The van der Waals surface area contributed by atoms with Crippen molar-refractivity contribution in [3.63, 3.8) is 0 Å². The average Bonchev–Trinajstić information content (AvgIpc) is 3.44. The highest BCUT2D eigenvalue weighted by Gasteiger charge is 2.32. The van der Waals surface area contributed by atoms with Crippen LogP contribution >= 0.6 is 0 Å². The fourth-order valence-corrected chi connectivity index (χ4v) is 4.71. The maximum Gasteiger partial charge on any atom is 0.226 e. The van der Waals surface area contributed by atoms with Gasteiger partial charge in [0.25, 0.3) is 0 Å². The molecule has 40 heavy (non-hydrogen) atoms. The number of nitrogens with zero attached hydrogens (tertiary/aromatic N) is 6. The maximum atomic E-state index is 15.3. The molecule has 3 heterocycles. The molecule has 11 heteroatoms. The third kappa shape index (κ3) is 5.83. The Labute approximate surface area is 232 Å². The number of allylic oxidation sites excluding steroid dienone is 2. The molecular weight excluding hydrogens is 514 g/mol. The molecule has 210 valence electrons.